The van der Waals surface area contributed by atoms with Crippen LogP contribution in [-0.4, -0.2) is 33.7 Å². The van der Waals surface area contributed by atoms with E-state index in [2.05, 4.69) is 4.72 Å². The van der Waals surface area contributed by atoms with Gasteiger partial charge in [-0.2, -0.15) is 0 Å². The molecule has 0 fully saturated rings. The lowest BCUT2D eigenvalue weighted by atomic mass is 10.1. The van der Waals surface area contributed by atoms with E-state index in [0.29, 0.717) is 0 Å². The van der Waals surface area contributed by atoms with Gasteiger partial charge in [-0.3, -0.25) is 4.72 Å². The number of ether oxygens (including phenoxy) is 2. The number of carboxylic acid groups (broad SMARTS) is 1. The smallest absolute Gasteiger partial charge is 0.341 e. The molecule has 0 saturated carbocycles. The van der Waals surface area contributed by atoms with Crippen molar-refractivity contribution in [3.05, 3.63) is 35.2 Å². The molecule has 0 unspecified atom stereocenters. The van der Waals surface area contributed by atoms with Gasteiger partial charge in [-0.05, 0) is 11.4 Å². The number of methoxy groups -OCH3 is 2. The van der Waals surface area contributed by atoms with E-state index >= 15 is 0 Å². The monoisotopic (exact) mass is 343 g/mol. The molecule has 0 aliphatic rings. The van der Waals surface area contributed by atoms with Crippen LogP contribution in [0.15, 0.2) is 33.9 Å². The lowest BCUT2D eigenvalue weighted by Gasteiger charge is -2.14. The maximum atomic E-state index is 12.3. The highest BCUT2D eigenvalue weighted by Crippen LogP contribution is 2.34. The van der Waals surface area contributed by atoms with Crippen LogP contribution in [0.3, 0.4) is 0 Å². The van der Waals surface area contributed by atoms with Crippen LogP contribution in [0.25, 0.3) is 0 Å². The minimum Gasteiger partial charge on any atom is -0.497 e. The Balaban J connectivity index is 2.56. The molecule has 2 N–H and O–H groups in total. The zero-order valence-corrected chi connectivity index (χ0v) is 13.3. The van der Waals surface area contributed by atoms with Crippen LogP contribution in [0.1, 0.15) is 10.4 Å². The van der Waals surface area contributed by atoms with Gasteiger partial charge in [-0.15, -0.1) is 11.3 Å². The van der Waals surface area contributed by atoms with Gasteiger partial charge >= 0.3 is 5.97 Å². The Hall–Kier alpha value is -2.26. The summed E-state index contributed by atoms with van der Waals surface area (Å²) in [5.41, 5.74) is -0.416. The highest BCUT2D eigenvalue weighted by atomic mass is 32.2. The van der Waals surface area contributed by atoms with Gasteiger partial charge in [0.05, 0.1) is 19.9 Å². The van der Waals surface area contributed by atoms with Crippen molar-refractivity contribution in [1.29, 1.82) is 0 Å². The largest absolute Gasteiger partial charge is 0.497 e. The minimum absolute atomic E-state index is 0.00395. The number of rotatable bonds is 6. The molecule has 2 rings (SSSR count). The summed E-state index contributed by atoms with van der Waals surface area (Å²) in [6.45, 7) is 0. The summed E-state index contributed by atoms with van der Waals surface area (Å²) in [5, 5.41) is 10.9. The summed E-state index contributed by atoms with van der Waals surface area (Å²) in [7, 11) is -1.21. The molecular formula is C13H13NO6S2. The van der Waals surface area contributed by atoms with Crippen molar-refractivity contribution in [2.45, 2.75) is 4.21 Å². The van der Waals surface area contributed by atoms with E-state index in [0.717, 1.165) is 11.3 Å². The molecule has 0 bridgehead atoms. The van der Waals surface area contributed by atoms with Crippen LogP contribution in [0.5, 0.6) is 11.5 Å². The average molecular weight is 343 g/mol. The molecule has 0 spiro atoms. The fraction of sp³-hybridized carbons (Fsp3) is 0.154. The van der Waals surface area contributed by atoms with E-state index in [4.69, 9.17) is 9.47 Å². The second-order valence-corrected chi connectivity index (χ2v) is 6.95. The third-order valence-corrected chi connectivity index (χ3v) is 5.51. The Bertz CT molecular complexity index is 783. The number of carboxylic acids is 1. The average Bonchev–Trinajstić information content (AvgIpc) is 3.00. The third-order valence-electron chi connectivity index (χ3n) is 2.75. The molecule has 9 heteroatoms. The molecule has 7 nitrogen and oxygen atoms in total. The van der Waals surface area contributed by atoms with Crippen molar-refractivity contribution in [3.8, 4) is 11.5 Å². The van der Waals surface area contributed by atoms with Crippen molar-refractivity contribution >= 4 is 33.0 Å². The van der Waals surface area contributed by atoms with E-state index < -0.39 is 16.0 Å². The normalized spacial score (nSPS) is 11.0. The topological polar surface area (TPSA) is 102 Å². The summed E-state index contributed by atoms with van der Waals surface area (Å²) in [4.78, 5) is 11.4. The van der Waals surface area contributed by atoms with Gasteiger partial charge in [-0.25, -0.2) is 13.2 Å². The van der Waals surface area contributed by atoms with Crippen molar-refractivity contribution in [2.24, 2.45) is 0 Å². The van der Waals surface area contributed by atoms with E-state index in [1.165, 1.54) is 32.4 Å². The van der Waals surface area contributed by atoms with Gasteiger partial charge < -0.3 is 14.6 Å². The highest BCUT2D eigenvalue weighted by Gasteiger charge is 2.23. The van der Waals surface area contributed by atoms with Crippen molar-refractivity contribution in [2.75, 3.05) is 18.9 Å². The maximum Gasteiger partial charge on any atom is 0.341 e. The zero-order valence-electron chi connectivity index (χ0n) is 11.7. The second-order valence-electron chi connectivity index (χ2n) is 4.09. The van der Waals surface area contributed by atoms with Gasteiger partial charge in [0.1, 0.15) is 21.3 Å². The maximum absolute atomic E-state index is 12.3. The number of benzene rings is 1. The van der Waals surface area contributed by atoms with E-state index in [-0.39, 0.29) is 27.0 Å². The van der Waals surface area contributed by atoms with Crippen LogP contribution < -0.4 is 14.2 Å². The van der Waals surface area contributed by atoms with Gasteiger partial charge in [0.2, 0.25) is 0 Å². The lowest BCUT2D eigenvalue weighted by Crippen LogP contribution is -2.15. The molecule has 2 aromatic rings. The predicted octanol–water partition coefficient (Wildman–Crippen LogP) is 2.26. The molecule has 1 heterocycles. The summed E-state index contributed by atoms with van der Waals surface area (Å²) in [6, 6.07) is 5.66. The van der Waals surface area contributed by atoms with Gasteiger partial charge in [0.15, 0.2) is 0 Å². The second kappa shape index (κ2) is 6.24. The lowest BCUT2D eigenvalue weighted by molar-refractivity contribution is 0.0694. The summed E-state index contributed by atoms with van der Waals surface area (Å²) in [5.74, 6) is -1.05. The van der Waals surface area contributed by atoms with Crippen LogP contribution >= 0.6 is 11.3 Å². The number of nitrogens with one attached hydrogen (secondary N) is 1. The molecule has 22 heavy (non-hydrogen) atoms. The number of aromatic carboxylic acids is 1. The Labute approximate surface area is 131 Å². The number of hydrogen-bond acceptors (Lipinski definition) is 6. The van der Waals surface area contributed by atoms with E-state index in [9.17, 15) is 18.3 Å². The fourth-order valence-electron chi connectivity index (χ4n) is 1.78. The van der Waals surface area contributed by atoms with Gasteiger partial charge in [-0.1, -0.05) is 6.07 Å². The van der Waals surface area contributed by atoms with Crippen LogP contribution in [0.2, 0.25) is 0 Å². The number of hydrogen-bond donors (Lipinski definition) is 2. The first-order chi connectivity index (χ1) is 10.4. The molecule has 0 atom stereocenters. The number of carbonyl (C=O) groups is 1. The van der Waals surface area contributed by atoms with Crippen molar-refractivity contribution in [3.63, 3.8) is 0 Å². The fourth-order valence-corrected chi connectivity index (χ4v) is 3.84. The SMILES string of the molecule is COc1cc(NS(=O)(=O)c2cccs2)c(C(=O)O)c(OC)c1. The minimum atomic E-state index is -3.88. The summed E-state index contributed by atoms with van der Waals surface area (Å²) >= 11 is 1.02. The standard InChI is InChI=1S/C13H13NO6S2/c1-19-8-6-9(12(13(15)16)10(7-8)20-2)14-22(17,18)11-4-3-5-21-11/h3-7,14H,1-2H3,(H,15,16). The van der Waals surface area contributed by atoms with Crippen molar-refractivity contribution < 1.29 is 27.8 Å². The summed E-state index contributed by atoms with van der Waals surface area (Å²) < 4.78 is 36.9. The molecule has 0 aliphatic carbocycles. The van der Waals surface area contributed by atoms with Gasteiger partial charge in [0.25, 0.3) is 10.0 Å². The molecule has 0 amide bonds. The molecule has 0 aliphatic heterocycles. The number of anilines is 1. The molecule has 0 radical (unpaired) electrons. The predicted molar refractivity (Wildman–Crippen MR) is 81.6 cm³/mol. The first-order valence-corrected chi connectivity index (χ1v) is 8.31. The molecule has 0 saturated heterocycles. The Kier molecular flexibility index (Phi) is 4.57. The Morgan fingerprint density at radius 1 is 1.27 bits per heavy atom. The molecule has 118 valence electrons. The molecule has 1 aromatic heterocycles. The summed E-state index contributed by atoms with van der Waals surface area (Å²) in [6.07, 6.45) is 0. The quantitative estimate of drug-likeness (QED) is 0.834. The highest BCUT2D eigenvalue weighted by molar-refractivity contribution is 7.94. The van der Waals surface area contributed by atoms with Crippen LogP contribution in [0, 0.1) is 0 Å². The first kappa shape index (κ1) is 16.1. The first-order valence-electron chi connectivity index (χ1n) is 5.94. The van der Waals surface area contributed by atoms with Crippen LogP contribution in [-0.2, 0) is 10.0 Å². The number of sulfonamides is 1. The van der Waals surface area contributed by atoms with Crippen molar-refractivity contribution in [1.82, 2.24) is 0 Å². The Morgan fingerprint density at radius 3 is 2.50 bits per heavy atom. The van der Waals surface area contributed by atoms with Crippen LogP contribution in [0.4, 0.5) is 5.69 Å². The third kappa shape index (κ3) is 3.15. The zero-order chi connectivity index (χ0) is 16.3. The van der Waals surface area contributed by atoms with E-state index in [1.54, 1.807) is 11.4 Å². The Morgan fingerprint density at radius 2 is 2.00 bits per heavy atom. The van der Waals surface area contributed by atoms with E-state index in [1.807, 2.05) is 0 Å². The number of thiophene rings is 1. The molecule has 1 aromatic carbocycles. The van der Waals surface area contributed by atoms with Gasteiger partial charge in [0, 0.05) is 12.1 Å². The molecular weight excluding hydrogens is 330 g/mol.